The van der Waals surface area contributed by atoms with Gasteiger partial charge in [0.25, 0.3) is 0 Å². The zero-order valence-corrected chi connectivity index (χ0v) is 17.1. The minimum atomic E-state index is -0.0650. The predicted molar refractivity (Wildman–Crippen MR) is 112 cm³/mol. The number of benzene rings is 2. The number of carbonyl (C=O) groups is 1. The molecule has 0 spiro atoms. The Labute approximate surface area is 169 Å². The van der Waals surface area contributed by atoms with E-state index in [4.69, 9.17) is 4.74 Å². The van der Waals surface area contributed by atoms with Crippen LogP contribution in [0, 0.1) is 6.92 Å². The second kappa shape index (κ2) is 9.41. The molecule has 2 aromatic carbocycles. The maximum atomic E-state index is 12.4. The van der Waals surface area contributed by atoms with Gasteiger partial charge in [0.1, 0.15) is 11.6 Å². The zero-order valence-electron chi connectivity index (χ0n) is 16.3. The Kier molecular flexibility index (Phi) is 6.71. The summed E-state index contributed by atoms with van der Waals surface area (Å²) in [5.74, 6) is 1.78. The smallest absolute Gasteiger partial charge is 0.234 e. The number of amides is 1. The van der Waals surface area contributed by atoms with Gasteiger partial charge in [0.2, 0.25) is 5.91 Å². The highest BCUT2D eigenvalue weighted by Crippen LogP contribution is 2.24. The molecule has 0 saturated heterocycles. The van der Waals surface area contributed by atoms with Crippen LogP contribution < -0.4 is 10.1 Å². The number of carbonyl (C=O) groups excluding carboxylic acids is 1. The van der Waals surface area contributed by atoms with Crippen LogP contribution in [0.25, 0.3) is 5.69 Å². The lowest BCUT2D eigenvalue weighted by atomic mass is 10.1. The maximum absolute atomic E-state index is 12.4. The summed E-state index contributed by atoms with van der Waals surface area (Å²) in [5, 5.41) is 12.1. The van der Waals surface area contributed by atoms with Crippen LogP contribution in [0.5, 0.6) is 5.75 Å². The highest BCUT2D eigenvalue weighted by Gasteiger charge is 2.14. The van der Waals surface area contributed by atoms with E-state index in [2.05, 4.69) is 22.4 Å². The Hall–Kier alpha value is -2.80. The molecule has 0 aliphatic carbocycles. The first kappa shape index (κ1) is 19.9. The van der Waals surface area contributed by atoms with Crippen molar-refractivity contribution in [2.75, 3.05) is 17.7 Å². The first-order valence-electron chi connectivity index (χ1n) is 9.28. The van der Waals surface area contributed by atoms with Gasteiger partial charge >= 0.3 is 0 Å². The van der Waals surface area contributed by atoms with Crippen molar-refractivity contribution in [2.24, 2.45) is 0 Å². The number of rotatable bonds is 8. The average molecular weight is 397 g/mol. The van der Waals surface area contributed by atoms with Crippen molar-refractivity contribution < 1.29 is 9.53 Å². The first-order valence-corrected chi connectivity index (χ1v) is 10.3. The molecule has 1 N–H and O–H groups in total. The van der Waals surface area contributed by atoms with Gasteiger partial charge in [0.05, 0.1) is 12.4 Å². The summed E-state index contributed by atoms with van der Waals surface area (Å²) in [5.41, 5.74) is 2.92. The molecule has 1 heterocycles. The molecule has 0 aliphatic rings. The van der Waals surface area contributed by atoms with Gasteiger partial charge in [-0.25, -0.2) is 0 Å². The normalized spacial score (nSPS) is 10.7. The summed E-state index contributed by atoms with van der Waals surface area (Å²) >= 11 is 1.36. The fourth-order valence-electron chi connectivity index (χ4n) is 2.86. The van der Waals surface area contributed by atoms with Crippen LogP contribution in [0.2, 0.25) is 0 Å². The molecule has 28 heavy (non-hydrogen) atoms. The molecule has 0 fully saturated rings. The maximum Gasteiger partial charge on any atom is 0.234 e. The van der Waals surface area contributed by atoms with Gasteiger partial charge in [-0.15, -0.1) is 10.2 Å². The molecule has 0 aliphatic heterocycles. The summed E-state index contributed by atoms with van der Waals surface area (Å²) in [7, 11) is 0. The number of aromatic nitrogens is 3. The van der Waals surface area contributed by atoms with E-state index in [1.807, 2.05) is 66.9 Å². The standard InChI is InChI=1S/C21H24N4O2S/c1-4-16-8-6-7-9-19(16)22-20(26)14-28-21-24-23-15(3)25(21)17-10-12-18(13-11-17)27-5-2/h6-13H,4-5,14H2,1-3H3,(H,22,26). The van der Waals surface area contributed by atoms with Crippen LogP contribution in [0.1, 0.15) is 25.2 Å². The number of nitrogens with zero attached hydrogens (tertiary/aromatic N) is 3. The SMILES string of the molecule is CCOc1ccc(-n2c(C)nnc2SCC(=O)Nc2ccccc2CC)cc1. The van der Waals surface area contributed by atoms with Gasteiger partial charge in [-0.05, 0) is 56.2 Å². The minimum absolute atomic E-state index is 0.0650. The van der Waals surface area contributed by atoms with Gasteiger partial charge in [-0.2, -0.15) is 0 Å². The van der Waals surface area contributed by atoms with E-state index >= 15 is 0 Å². The third-order valence-corrected chi connectivity index (χ3v) is 5.13. The van der Waals surface area contributed by atoms with Crippen molar-refractivity contribution in [3.8, 4) is 11.4 Å². The molecular weight excluding hydrogens is 372 g/mol. The third-order valence-electron chi connectivity index (χ3n) is 4.21. The number of hydrogen-bond donors (Lipinski definition) is 1. The van der Waals surface area contributed by atoms with Gasteiger partial charge in [0, 0.05) is 11.4 Å². The first-order chi connectivity index (χ1) is 13.6. The predicted octanol–water partition coefficient (Wildman–Crippen LogP) is 4.27. The molecule has 1 aromatic heterocycles. The van der Waals surface area contributed by atoms with E-state index in [0.29, 0.717) is 11.8 Å². The monoisotopic (exact) mass is 396 g/mol. The molecule has 6 nitrogen and oxygen atoms in total. The number of nitrogens with one attached hydrogen (secondary N) is 1. The molecule has 146 valence electrons. The van der Waals surface area contributed by atoms with Crippen molar-refractivity contribution >= 4 is 23.4 Å². The van der Waals surface area contributed by atoms with Crippen LogP contribution in [-0.2, 0) is 11.2 Å². The van der Waals surface area contributed by atoms with Gasteiger partial charge in [-0.3, -0.25) is 9.36 Å². The van der Waals surface area contributed by atoms with Gasteiger partial charge < -0.3 is 10.1 Å². The van der Waals surface area contributed by atoms with Crippen molar-refractivity contribution in [1.82, 2.24) is 14.8 Å². The van der Waals surface area contributed by atoms with Crippen molar-refractivity contribution in [2.45, 2.75) is 32.3 Å². The molecule has 0 radical (unpaired) electrons. The van der Waals surface area contributed by atoms with Crippen LogP contribution >= 0.6 is 11.8 Å². The molecule has 3 aromatic rings. The Bertz CT molecular complexity index is 938. The van der Waals surface area contributed by atoms with Gasteiger partial charge in [0.15, 0.2) is 5.16 Å². The number of para-hydroxylation sites is 1. The average Bonchev–Trinajstić information content (AvgIpc) is 3.08. The third kappa shape index (κ3) is 4.72. The second-order valence-corrected chi connectivity index (χ2v) is 7.08. The minimum Gasteiger partial charge on any atom is -0.494 e. The van der Waals surface area contributed by atoms with E-state index in [-0.39, 0.29) is 11.7 Å². The highest BCUT2D eigenvalue weighted by atomic mass is 32.2. The topological polar surface area (TPSA) is 69.0 Å². The number of thioether (sulfide) groups is 1. The summed E-state index contributed by atoms with van der Waals surface area (Å²) in [6.45, 7) is 6.55. The highest BCUT2D eigenvalue weighted by molar-refractivity contribution is 7.99. The van der Waals surface area contributed by atoms with E-state index in [0.717, 1.165) is 34.9 Å². The fourth-order valence-corrected chi connectivity index (χ4v) is 3.66. The summed E-state index contributed by atoms with van der Waals surface area (Å²) in [6, 6.07) is 15.6. The number of aryl methyl sites for hydroxylation is 2. The summed E-state index contributed by atoms with van der Waals surface area (Å²) in [6.07, 6.45) is 0.870. The fraction of sp³-hybridized carbons (Fsp3) is 0.286. The largest absolute Gasteiger partial charge is 0.494 e. The van der Waals surface area contributed by atoms with E-state index < -0.39 is 0 Å². The van der Waals surface area contributed by atoms with E-state index in [1.54, 1.807) is 0 Å². The lowest BCUT2D eigenvalue weighted by Crippen LogP contribution is -2.15. The van der Waals surface area contributed by atoms with Crippen molar-refractivity contribution in [3.05, 3.63) is 59.9 Å². The zero-order chi connectivity index (χ0) is 19.9. The summed E-state index contributed by atoms with van der Waals surface area (Å²) in [4.78, 5) is 12.4. The Morgan fingerprint density at radius 3 is 2.57 bits per heavy atom. The molecule has 3 rings (SSSR count). The van der Waals surface area contributed by atoms with Crippen LogP contribution in [0.15, 0.2) is 53.7 Å². The molecule has 0 saturated carbocycles. The molecule has 0 bridgehead atoms. The Balaban J connectivity index is 1.69. The van der Waals surface area contributed by atoms with E-state index in [9.17, 15) is 4.79 Å². The second-order valence-electron chi connectivity index (χ2n) is 6.14. The summed E-state index contributed by atoms with van der Waals surface area (Å²) < 4.78 is 7.43. The molecule has 7 heteroatoms. The molecule has 1 amide bonds. The quantitative estimate of drug-likeness (QED) is 0.576. The van der Waals surface area contributed by atoms with Crippen molar-refractivity contribution in [3.63, 3.8) is 0 Å². The number of anilines is 1. The van der Waals surface area contributed by atoms with E-state index in [1.165, 1.54) is 11.8 Å². The Morgan fingerprint density at radius 1 is 1.11 bits per heavy atom. The van der Waals surface area contributed by atoms with Gasteiger partial charge in [-0.1, -0.05) is 36.9 Å². The number of hydrogen-bond acceptors (Lipinski definition) is 5. The Morgan fingerprint density at radius 2 is 1.86 bits per heavy atom. The lowest BCUT2D eigenvalue weighted by Gasteiger charge is -2.11. The number of ether oxygens (including phenoxy) is 1. The molecular formula is C21H24N4O2S. The van der Waals surface area contributed by atoms with Crippen LogP contribution in [0.4, 0.5) is 5.69 Å². The van der Waals surface area contributed by atoms with Crippen LogP contribution in [-0.4, -0.2) is 33.0 Å². The lowest BCUT2D eigenvalue weighted by molar-refractivity contribution is -0.113. The van der Waals surface area contributed by atoms with Crippen molar-refractivity contribution in [1.29, 1.82) is 0 Å². The van der Waals surface area contributed by atoms with Crippen LogP contribution in [0.3, 0.4) is 0 Å². The molecule has 0 unspecified atom stereocenters. The molecule has 0 atom stereocenters.